The number of amides is 1. The Kier molecular flexibility index (Phi) is 6.80. The molecule has 0 aliphatic carbocycles. The van der Waals surface area contributed by atoms with Crippen LogP contribution >= 0.6 is 0 Å². The van der Waals surface area contributed by atoms with Crippen molar-refractivity contribution in [3.05, 3.63) is 23.8 Å². The molecule has 3 fully saturated rings. The van der Waals surface area contributed by atoms with E-state index in [-0.39, 0.29) is 37.6 Å². The molecule has 0 aromatic heterocycles. The summed E-state index contributed by atoms with van der Waals surface area (Å²) < 4.78 is 28.4. The molecule has 1 aromatic rings. The number of hydrogen-bond donors (Lipinski definition) is 1. The van der Waals surface area contributed by atoms with Crippen LogP contribution in [0, 0.1) is 0 Å². The molecule has 1 aromatic carbocycles. The van der Waals surface area contributed by atoms with E-state index >= 15 is 0 Å². The molecule has 1 amide bonds. The summed E-state index contributed by atoms with van der Waals surface area (Å²) in [4.78, 5) is 16.8. The van der Waals surface area contributed by atoms with Gasteiger partial charge in [-0.25, -0.2) is 0 Å². The molecule has 9 heteroatoms. The van der Waals surface area contributed by atoms with Crippen molar-refractivity contribution in [3.63, 3.8) is 0 Å². The fourth-order valence-corrected chi connectivity index (χ4v) is 5.04. The number of β-amino-alcohol motifs (C(OH)–C–C–N with tert-alkyl or cyclic N) is 1. The lowest BCUT2D eigenvalue weighted by molar-refractivity contribution is -0.162. The molecule has 0 radical (unpaired) electrons. The quantitative estimate of drug-likeness (QED) is 0.723. The summed E-state index contributed by atoms with van der Waals surface area (Å²) in [5, 5.41) is 10.4. The fourth-order valence-electron chi connectivity index (χ4n) is 5.04. The summed E-state index contributed by atoms with van der Waals surface area (Å²) >= 11 is 0. The monoisotopic (exact) mass is 448 g/mol. The second-order valence-electron chi connectivity index (χ2n) is 8.95. The van der Waals surface area contributed by atoms with E-state index in [9.17, 15) is 9.90 Å². The molecular formula is C23H32N2O7. The number of nitrogens with zero attached hydrogens (tertiary/aromatic N) is 2. The minimum atomic E-state index is -0.550. The second kappa shape index (κ2) is 9.93. The van der Waals surface area contributed by atoms with Gasteiger partial charge in [-0.2, -0.15) is 0 Å². The first-order valence-corrected chi connectivity index (χ1v) is 11.5. The van der Waals surface area contributed by atoms with Crippen molar-refractivity contribution in [2.45, 2.75) is 50.2 Å². The molecule has 4 heterocycles. The van der Waals surface area contributed by atoms with Gasteiger partial charge in [-0.15, -0.1) is 0 Å². The van der Waals surface area contributed by atoms with Crippen molar-refractivity contribution >= 4 is 5.91 Å². The number of benzene rings is 1. The molecule has 32 heavy (non-hydrogen) atoms. The number of ether oxygens (including phenoxy) is 5. The highest BCUT2D eigenvalue weighted by Crippen LogP contribution is 2.34. The molecule has 0 bridgehead atoms. The van der Waals surface area contributed by atoms with Crippen LogP contribution in [0.5, 0.6) is 11.5 Å². The standard InChI is InChI=1S/C23H32N2O7/c26-17-12-25(11-16-1-4-20-21(9-16)31-15-30-20)19-3-2-18(32-22(19)14-29-13-17)10-23(27)24-5-7-28-8-6-24/h1,4,9,17-19,22,26H,2-3,5-8,10-15H2/t17-,18+,19-,22+/m1/s1. The minimum Gasteiger partial charge on any atom is -0.454 e. The summed E-state index contributed by atoms with van der Waals surface area (Å²) in [5.41, 5.74) is 1.10. The van der Waals surface area contributed by atoms with Crippen LogP contribution in [-0.4, -0.2) is 98.0 Å². The van der Waals surface area contributed by atoms with Gasteiger partial charge < -0.3 is 33.7 Å². The Morgan fingerprint density at radius 2 is 1.91 bits per heavy atom. The number of morpholine rings is 1. The van der Waals surface area contributed by atoms with E-state index in [1.54, 1.807) is 0 Å². The highest BCUT2D eigenvalue weighted by Gasteiger charge is 2.38. The van der Waals surface area contributed by atoms with Gasteiger partial charge in [0.2, 0.25) is 12.7 Å². The summed E-state index contributed by atoms with van der Waals surface area (Å²) in [6.07, 6.45) is 1.32. The van der Waals surface area contributed by atoms with Crippen molar-refractivity contribution in [2.24, 2.45) is 0 Å². The molecule has 1 N–H and O–H groups in total. The number of carbonyl (C=O) groups excluding carboxylic acids is 1. The average molecular weight is 449 g/mol. The molecule has 4 aliphatic rings. The normalized spacial score (nSPS) is 31.0. The molecule has 4 atom stereocenters. The predicted octanol–water partition coefficient (Wildman–Crippen LogP) is 0.774. The zero-order valence-corrected chi connectivity index (χ0v) is 18.3. The van der Waals surface area contributed by atoms with Gasteiger partial charge in [-0.1, -0.05) is 6.07 Å². The van der Waals surface area contributed by atoms with Crippen LogP contribution in [-0.2, 0) is 25.5 Å². The highest BCUT2D eigenvalue weighted by molar-refractivity contribution is 5.76. The van der Waals surface area contributed by atoms with Gasteiger partial charge >= 0.3 is 0 Å². The van der Waals surface area contributed by atoms with Crippen molar-refractivity contribution in [2.75, 3.05) is 52.9 Å². The van der Waals surface area contributed by atoms with E-state index in [0.717, 1.165) is 29.9 Å². The number of aliphatic hydroxyl groups is 1. The Hall–Kier alpha value is -1.91. The van der Waals surface area contributed by atoms with Gasteiger partial charge in [0.15, 0.2) is 11.5 Å². The first kappa shape index (κ1) is 21.9. The van der Waals surface area contributed by atoms with Gasteiger partial charge in [0, 0.05) is 32.2 Å². The number of fused-ring (bicyclic) bond motifs is 2. The molecule has 0 unspecified atom stereocenters. The third kappa shape index (κ3) is 5.02. The van der Waals surface area contributed by atoms with Crippen LogP contribution in [0.25, 0.3) is 0 Å². The predicted molar refractivity (Wildman–Crippen MR) is 113 cm³/mol. The van der Waals surface area contributed by atoms with Gasteiger partial charge in [0.25, 0.3) is 0 Å². The first-order valence-electron chi connectivity index (χ1n) is 11.5. The lowest BCUT2D eigenvalue weighted by Crippen LogP contribution is -2.55. The van der Waals surface area contributed by atoms with Crippen LogP contribution in [0.3, 0.4) is 0 Å². The van der Waals surface area contributed by atoms with E-state index in [0.29, 0.717) is 52.4 Å². The molecule has 176 valence electrons. The maximum atomic E-state index is 12.7. The number of hydrogen-bond acceptors (Lipinski definition) is 8. The van der Waals surface area contributed by atoms with Crippen LogP contribution in [0.15, 0.2) is 18.2 Å². The smallest absolute Gasteiger partial charge is 0.231 e. The van der Waals surface area contributed by atoms with Crippen LogP contribution in [0.2, 0.25) is 0 Å². The van der Waals surface area contributed by atoms with E-state index in [1.165, 1.54) is 0 Å². The van der Waals surface area contributed by atoms with Crippen molar-refractivity contribution < 1.29 is 33.6 Å². The minimum absolute atomic E-state index is 0.105. The van der Waals surface area contributed by atoms with E-state index in [4.69, 9.17) is 23.7 Å². The van der Waals surface area contributed by atoms with Crippen LogP contribution in [0.1, 0.15) is 24.8 Å². The molecule has 0 saturated carbocycles. The van der Waals surface area contributed by atoms with E-state index < -0.39 is 6.10 Å². The third-order valence-corrected chi connectivity index (χ3v) is 6.68. The summed E-state index contributed by atoms with van der Waals surface area (Å²) in [7, 11) is 0. The zero-order valence-electron chi connectivity index (χ0n) is 18.3. The molecule has 9 nitrogen and oxygen atoms in total. The molecule has 0 spiro atoms. The Morgan fingerprint density at radius 1 is 1.06 bits per heavy atom. The van der Waals surface area contributed by atoms with Crippen LogP contribution in [0.4, 0.5) is 0 Å². The summed E-state index contributed by atoms with van der Waals surface area (Å²) in [5.74, 6) is 1.66. The molecular weight excluding hydrogens is 416 g/mol. The Morgan fingerprint density at radius 3 is 2.78 bits per heavy atom. The van der Waals surface area contributed by atoms with Crippen molar-refractivity contribution in [1.29, 1.82) is 0 Å². The lowest BCUT2D eigenvalue weighted by Gasteiger charge is -2.44. The highest BCUT2D eigenvalue weighted by atomic mass is 16.7. The van der Waals surface area contributed by atoms with Gasteiger partial charge in [-0.05, 0) is 30.5 Å². The first-order chi connectivity index (χ1) is 15.7. The van der Waals surface area contributed by atoms with Gasteiger partial charge in [0.1, 0.15) is 0 Å². The molecule has 3 saturated heterocycles. The average Bonchev–Trinajstić information content (AvgIpc) is 3.26. The zero-order chi connectivity index (χ0) is 21.9. The summed E-state index contributed by atoms with van der Waals surface area (Å²) in [6.45, 7) is 4.65. The number of carbonyl (C=O) groups is 1. The van der Waals surface area contributed by atoms with Crippen molar-refractivity contribution in [3.8, 4) is 11.5 Å². The Labute approximate surface area is 188 Å². The fraction of sp³-hybridized carbons (Fsp3) is 0.696. The van der Waals surface area contributed by atoms with Crippen molar-refractivity contribution in [1.82, 2.24) is 9.80 Å². The molecule has 5 rings (SSSR count). The third-order valence-electron chi connectivity index (χ3n) is 6.68. The largest absolute Gasteiger partial charge is 0.454 e. The summed E-state index contributed by atoms with van der Waals surface area (Å²) in [6, 6.07) is 6.10. The van der Waals surface area contributed by atoms with E-state index in [2.05, 4.69) is 4.90 Å². The van der Waals surface area contributed by atoms with Gasteiger partial charge in [-0.3, -0.25) is 9.69 Å². The maximum absolute atomic E-state index is 12.7. The Bertz CT molecular complexity index is 801. The van der Waals surface area contributed by atoms with Crippen LogP contribution < -0.4 is 9.47 Å². The molecule has 4 aliphatic heterocycles. The van der Waals surface area contributed by atoms with Gasteiger partial charge in [0.05, 0.1) is 51.2 Å². The lowest BCUT2D eigenvalue weighted by atomic mass is 9.94. The number of aliphatic hydroxyl groups excluding tert-OH is 1. The second-order valence-corrected chi connectivity index (χ2v) is 8.95. The SMILES string of the molecule is O=C(C[C@@H]1CC[C@@H]2[C@H](COC[C@H](O)CN2Cc2ccc3c(c2)OCO3)O1)N1CCOCC1. The van der Waals surface area contributed by atoms with E-state index in [1.807, 2.05) is 23.1 Å². The topological polar surface area (TPSA) is 89.9 Å². The maximum Gasteiger partial charge on any atom is 0.231 e. The Balaban J connectivity index is 1.24. The number of rotatable bonds is 4.